The van der Waals surface area contributed by atoms with Gasteiger partial charge in [0.1, 0.15) is 12.3 Å². The molecule has 0 aliphatic rings. The van der Waals surface area contributed by atoms with Crippen LogP contribution in [0.1, 0.15) is 31.7 Å². The number of aromatic nitrogens is 2. The maximum Gasteiger partial charge on any atom is 0.328 e. The molecule has 0 saturated heterocycles. The number of nitrogens with zero attached hydrogens (tertiary/aromatic N) is 2. The van der Waals surface area contributed by atoms with Gasteiger partial charge >= 0.3 is 5.69 Å². The molecule has 9 nitrogen and oxygen atoms in total. The first-order valence-electron chi connectivity index (χ1n) is 8.82. The van der Waals surface area contributed by atoms with Crippen molar-refractivity contribution in [2.75, 3.05) is 26.7 Å². The molecule has 1 unspecified atom stereocenters. The number of carbonyl (C=O) groups is 2. The van der Waals surface area contributed by atoms with Crippen LogP contribution in [0.25, 0.3) is 0 Å². The third kappa shape index (κ3) is 6.93. The average molecular weight is 368 g/mol. The van der Waals surface area contributed by atoms with E-state index in [1.165, 1.54) is 18.0 Å². The molecule has 26 heavy (non-hydrogen) atoms. The van der Waals surface area contributed by atoms with Crippen LogP contribution in [-0.4, -0.2) is 58.9 Å². The molecule has 0 fully saturated rings. The predicted octanol–water partition coefficient (Wildman–Crippen LogP) is -1.74. The zero-order chi connectivity index (χ0) is 19.7. The number of quaternary nitrogens is 1. The second-order valence-corrected chi connectivity index (χ2v) is 6.51. The van der Waals surface area contributed by atoms with Crippen molar-refractivity contribution in [1.29, 1.82) is 0 Å². The summed E-state index contributed by atoms with van der Waals surface area (Å²) in [5, 5.41) is 3.17. The zero-order valence-corrected chi connectivity index (χ0v) is 15.8. The Labute approximate surface area is 152 Å². The Morgan fingerprint density at radius 1 is 1.35 bits per heavy atom. The number of likely N-dealkylation sites (N-methyl/N-ethyl adjacent to an activating group) is 1. The number of amides is 1. The number of carbonyl (C=O) groups excluding carboxylic acids is 2. The smallest absolute Gasteiger partial charge is 0.328 e. The number of H-pyrrole nitrogens is 1. The molecule has 0 spiro atoms. The molecule has 0 radical (unpaired) electrons. The Hall–Kier alpha value is -2.26. The summed E-state index contributed by atoms with van der Waals surface area (Å²) in [4.78, 5) is 51.2. The second-order valence-electron chi connectivity index (χ2n) is 6.51. The highest BCUT2D eigenvalue weighted by Gasteiger charge is 2.20. The highest BCUT2D eigenvalue weighted by molar-refractivity contribution is 5.84. The van der Waals surface area contributed by atoms with E-state index in [2.05, 4.69) is 16.0 Å². The topological polar surface area (TPSA) is 132 Å². The van der Waals surface area contributed by atoms with Crippen LogP contribution in [0, 0.1) is 6.92 Å². The SMILES string of the molecule is CNC(CCCC[NH3+])CN(CC(C)=O)C(=O)Cn1cc(C)c(=O)[nH]c1=O. The predicted molar refractivity (Wildman–Crippen MR) is 97.8 cm³/mol. The lowest BCUT2D eigenvalue weighted by Gasteiger charge is -2.27. The average Bonchev–Trinajstić information content (AvgIpc) is 2.57. The molecule has 1 aromatic heterocycles. The summed E-state index contributed by atoms with van der Waals surface area (Å²) >= 11 is 0. The summed E-state index contributed by atoms with van der Waals surface area (Å²) in [6.07, 6.45) is 4.21. The van der Waals surface area contributed by atoms with Crippen LogP contribution in [0.2, 0.25) is 0 Å². The van der Waals surface area contributed by atoms with Gasteiger partial charge in [-0.3, -0.25) is 23.9 Å². The van der Waals surface area contributed by atoms with E-state index in [9.17, 15) is 19.2 Å². The van der Waals surface area contributed by atoms with Gasteiger partial charge in [-0.05, 0) is 40.2 Å². The molecule has 1 aromatic rings. The van der Waals surface area contributed by atoms with Gasteiger partial charge in [-0.1, -0.05) is 0 Å². The standard InChI is InChI=1S/C17H29N5O4/c1-12-8-22(17(26)20-16(12)25)11-15(24)21(9-13(2)23)10-14(19-3)6-4-5-7-18/h8,14,19H,4-7,9-11,18H2,1-3H3,(H,20,25,26)/p+1. The molecule has 0 aromatic carbocycles. The third-order valence-electron chi connectivity index (χ3n) is 4.16. The van der Waals surface area contributed by atoms with Crippen molar-refractivity contribution in [3.05, 3.63) is 32.6 Å². The Balaban J connectivity index is 2.88. The van der Waals surface area contributed by atoms with Gasteiger partial charge in [0.2, 0.25) is 5.91 Å². The fourth-order valence-electron chi connectivity index (χ4n) is 2.67. The minimum atomic E-state index is -0.641. The zero-order valence-electron chi connectivity index (χ0n) is 15.8. The van der Waals surface area contributed by atoms with Crippen LogP contribution >= 0.6 is 0 Å². The maximum absolute atomic E-state index is 12.7. The first-order chi connectivity index (χ1) is 12.3. The van der Waals surface area contributed by atoms with Crippen molar-refractivity contribution >= 4 is 11.7 Å². The lowest BCUT2D eigenvalue weighted by molar-refractivity contribution is -0.368. The molecule has 1 rings (SSSR count). The van der Waals surface area contributed by atoms with Gasteiger partial charge in [0.25, 0.3) is 5.56 Å². The number of nitrogens with one attached hydrogen (secondary N) is 2. The lowest BCUT2D eigenvalue weighted by Crippen LogP contribution is -2.50. The van der Waals surface area contributed by atoms with Gasteiger partial charge < -0.3 is 16.0 Å². The van der Waals surface area contributed by atoms with Crippen LogP contribution < -0.4 is 22.3 Å². The van der Waals surface area contributed by atoms with Gasteiger partial charge in [0.15, 0.2) is 0 Å². The van der Waals surface area contributed by atoms with E-state index in [0.717, 1.165) is 30.4 Å². The van der Waals surface area contributed by atoms with Gasteiger partial charge in [0, 0.05) is 24.3 Å². The minimum absolute atomic E-state index is 0.0105. The summed E-state index contributed by atoms with van der Waals surface area (Å²) in [5.74, 6) is -0.470. The van der Waals surface area contributed by atoms with Crippen molar-refractivity contribution in [2.24, 2.45) is 0 Å². The van der Waals surface area contributed by atoms with Crippen LogP contribution in [0.4, 0.5) is 0 Å². The minimum Gasteiger partial charge on any atom is -0.358 e. The van der Waals surface area contributed by atoms with Crippen molar-refractivity contribution < 1.29 is 15.3 Å². The number of hydrogen-bond acceptors (Lipinski definition) is 5. The van der Waals surface area contributed by atoms with E-state index in [1.54, 1.807) is 6.92 Å². The highest BCUT2D eigenvalue weighted by atomic mass is 16.2. The molecule has 0 aliphatic heterocycles. The Bertz CT molecular complexity index is 725. The monoisotopic (exact) mass is 368 g/mol. The molecule has 0 bridgehead atoms. The van der Waals surface area contributed by atoms with E-state index in [4.69, 9.17) is 0 Å². The summed E-state index contributed by atoms with van der Waals surface area (Å²) in [6, 6.07) is 0.0545. The largest absolute Gasteiger partial charge is 0.358 e. The molecular formula is C17H30N5O4+. The van der Waals surface area contributed by atoms with E-state index in [-0.39, 0.29) is 30.8 Å². The molecule has 0 saturated carbocycles. The summed E-state index contributed by atoms with van der Waals surface area (Å²) in [5.41, 5.74) is 3.05. The third-order valence-corrected chi connectivity index (χ3v) is 4.16. The van der Waals surface area contributed by atoms with E-state index in [0.29, 0.717) is 12.1 Å². The van der Waals surface area contributed by atoms with E-state index < -0.39 is 11.2 Å². The normalized spacial score (nSPS) is 12.0. The summed E-state index contributed by atoms with van der Waals surface area (Å²) in [7, 11) is 1.82. The number of Topliss-reactive ketones (excluding diaryl/α,β-unsaturated/α-hetero) is 1. The van der Waals surface area contributed by atoms with Gasteiger partial charge in [0.05, 0.1) is 13.1 Å². The van der Waals surface area contributed by atoms with E-state index >= 15 is 0 Å². The Morgan fingerprint density at radius 2 is 2.04 bits per heavy atom. The van der Waals surface area contributed by atoms with Crippen LogP contribution in [0.15, 0.2) is 15.8 Å². The first-order valence-corrected chi connectivity index (χ1v) is 8.82. The number of ketones is 1. The molecule has 1 atom stereocenters. The van der Waals surface area contributed by atoms with Gasteiger partial charge in [-0.15, -0.1) is 0 Å². The molecular weight excluding hydrogens is 338 g/mol. The summed E-state index contributed by atoms with van der Waals surface area (Å²) < 4.78 is 1.16. The summed E-state index contributed by atoms with van der Waals surface area (Å²) in [6.45, 7) is 3.99. The first kappa shape index (κ1) is 21.8. The van der Waals surface area contributed by atoms with Gasteiger partial charge in [-0.2, -0.15) is 0 Å². The quantitative estimate of drug-likeness (QED) is 0.399. The number of aryl methyl sites for hydroxylation is 1. The molecule has 146 valence electrons. The molecule has 1 amide bonds. The fourth-order valence-corrected chi connectivity index (χ4v) is 2.67. The Morgan fingerprint density at radius 3 is 2.62 bits per heavy atom. The van der Waals surface area contributed by atoms with Crippen LogP contribution in [0.3, 0.4) is 0 Å². The number of rotatable bonds is 11. The van der Waals surface area contributed by atoms with Crippen LogP contribution in [0.5, 0.6) is 0 Å². The van der Waals surface area contributed by atoms with Crippen molar-refractivity contribution in [2.45, 2.75) is 45.7 Å². The van der Waals surface area contributed by atoms with Crippen molar-refractivity contribution in [3.8, 4) is 0 Å². The van der Waals surface area contributed by atoms with Crippen molar-refractivity contribution in [1.82, 2.24) is 19.8 Å². The molecule has 0 aliphatic carbocycles. The van der Waals surface area contributed by atoms with E-state index in [1.807, 2.05) is 7.05 Å². The van der Waals surface area contributed by atoms with Gasteiger partial charge in [-0.25, -0.2) is 4.79 Å². The van der Waals surface area contributed by atoms with Crippen molar-refractivity contribution in [3.63, 3.8) is 0 Å². The number of hydrogen-bond donors (Lipinski definition) is 3. The second kappa shape index (κ2) is 10.7. The number of aromatic amines is 1. The highest BCUT2D eigenvalue weighted by Crippen LogP contribution is 2.04. The van der Waals surface area contributed by atoms with Crippen LogP contribution in [-0.2, 0) is 16.1 Å². The molecule has 1 heterocycles. The lowest BCUT2D eigenvalue weighted by atomic mass is 10.1. The fraction of sp³-hybridized carbons (Fsp3) is 0.647. The Kier molecular flexibility index (Phi) is 8.94. The molecule has 9 heteroatoms. The molecule has 5 N–H and O–H groups in total. The maximum atomic E-state index is 12.7. The number of unbranched alkanes of at least 4 members (excludes halogenated alkanes) is 1.